The van der Waals surface area contributed by atoms with Crippen LogP contribution in [0.25, 0.3) is 0 Å². The summed E-state index contributed by atoms with van der Waals surface area (Å²) >= 11 is 0. The Morgan fingerprint density at radius 1 is 1.44 bits per heavy atom. The molecule has 0 amide bonds. The van der Waals surface area contributed by atoms with E-state index in [4.69, 9.17) is 0 Å². The van der Waals surface area contributed by atoms with Crippen molar-refractivity contribution in [2.75, 3.05) is 0 Å². The van der Waals surface area contributed by atoms with E-state index in [1.54, 1.807) is 6.92 Å². The molecule has 1 heterocycles. The Labute approximate surface area is 111 Å². The number of carbonyl (C=O) groups excluding carboxylic acids is 1. The Balaban J connectivity index is 3.14. The minimum atomic E-state index is 0.0667. The van der Waals surface area contributed by atoms with Crippen molar-refractivity contribution in [1.29, 1.82) is 0 Å². The first kappa shape index (κ1) is 14.9. The normalized spacial score (nSPS) is 27.4. The molecule has 0 aromatic rings. The van der Waals surface area contributed by atoms with Crippen LogP contribution in [0.5, 0.6) is 0 Å². The van der Waals surface area contributed by atoms with Gasteiger partial charge in [-0.25, -0.2) is 4.99 Å². The Morgan fingerprint density at radius 2 is 2.17 bits per heavy atom. The van der Waals surface area contributed by atoms with Crippen LogP contribution in [0.15, 0.2) is 28.4 Å². The fourth-order valence-electron chi connectivity index (χ4n) is 2.04. The standard InChI is InChI=1S/C16H25NO/c1-5-12(3)15-10-8-7-9-14(6-2)11-16(17-15)13(4)18/h10-12H,5-9H2,1-4H3/b14-11-,15-10-,17-16+. The van der Waals surface area contributed by atoms with Crippen LogP contribution >= 0.6 is 0 Å². The lowest BCUT2D eigenvalue weighted by Crippen LogP contribution is -2.09. The van der Waals surface area contributed by atoms with Crippen molar-refractivity contribution < 1.29 is 4.79 Å². The maximum atomic E-state index is 11.7. The number of hydrogen-bond acceptors (Lipinski definition) is 2. The fourth-order valence-corrected chi connectivity index (χ4v) is 2.04. The number of carbonyl (C=O) groups is 1. The van der Waals surface area contributed by atoms with Crippen molar-refractivity contribution in [3.05, 3.63) is 23.4 Å². The monoisotopic (exact) mass is 247 g/mol. The maximum absolute atomic E-state index is 11.7. The molecule has 0 saturated carbocycles. The van der Waals surface area contributed by atoms with Crippen molar-refractivity contribution in [2.24, 2.45) is 10.9 Å². The third-order valence-corrected chi connectivity index (χ3v) is 3.58. The topological polar surface area (TPSA) is 29.4 Å². The van der Waals surface area contributed by atoms with Gasteiger partial charge in [0.2, 0.25) is 0 Å². The summed E-state index contributed by atoms with van der Waals surface area (Å²) in [5, 5.41) is 0. The molecule has 0 N–H and O–H groups in total. The van der Waals surface area contributed by atoms with Gasteiger partial charge < -0.3 is 0 Å². The molecular weight excluding hydrogens is 222 g/mol. The van der Waals surface area contributed by atoms with Gasteiger partial charge in [0.1, 0.15) is 5.71 Å². The van der Waals surface area contributed by atoms with Crippen LogP contribution in [0.4, 0.5) is 0 Å². The molecule has 0 saturated heterocycles. The predicted octanol–water partition coefficient (Wildman–Crippen LogP) is 4.47. The van der Waals surface area contributed by atoms with Crippen LogP contribution in [-0.4, -0.2) is 11.5 Å². The zero-order valence-corrected chi connectivity index (χ0v) is 12.1. The summed E-state index contributed by atoms with van der Waals surface area (Å²) in [5.41, 5.74) is 3.04. The number of ketones is 1. The Hall–Kier alpha value is -1.18. The van der Waals surface area contributed by atoms with E-state index in [2.05, 4.69) is 31.8 Å². The molecule has 0 bridgehead atoms. The van der Waals surface area contributed by atoms with E-state index < -0.39 is 0 Å². The molecule has 0 spiro atoms. The van der Waals surface area contributed by atoms with Gasteiger partial charge in [-0.3, -0.25) is 4.79 Å². The summed E-state index contributed by atoms with van der Waals surface area (Å²) in [6, 6.07) is 0. The minimum absolute atomic E-state index is 0.0667. The maximum Gasteiger partial charge on any atom is 0.178 e. The third kappa shape index (κ3) is 4.25. The van der Waals surface area contributed by atoms with E-state index in [9.17, 15) is 4.79 Å². The lowest BCUT2D eigenvalue weighted by atomic mass is 10.0. The quantitative estimate of drug-likeness (QED) is 0.721. The highest BCUT2D eigenvalue weighted by Crippen LogP contribution is 2.21. The summed E-state index contributed by atoms with van der Waals surface area (Å²) in [4.78, 5) is 16.3. The first-order chi connectivity index (χ1) is 8.58. The number of allylic oxidation sites excluding steroid dienone is 4. The summed E-state index contributed by atoms with van der Waals surface area (Å²) in [5.74, 6) is 0.493. The molecule has 1 atom stereocenters. The number of hydrogen-bond donors (Lipinski definition) is 0. The second kappa shape index (κ2) is 7.30. The summed E-state index contributed by atoms with van der Waals surface area (Å²) in [6.07, 6.45) is 9.57. The number of aliphatic imine (C=N–C) groups is 1. The van der Waals surface area contributed by atoms with Gasteiger partial charge >= 0.3 is 0 Å². The molecule has 1 aliphatic rings. The summed E-state index contributed by atoms with van der Waals surface area (Å²) < 4.78 is 0. The van der Waals surface area contributed by atoms with Gasteiger partial charge in [0, 0.05) is 12.6 Å². The zero-order chi connectivity index (χ0) is 13.5. The summed E-state index contributed by atoms with van der Waals surface area (Å²) in [7, 11) is 0. The molecule has 1 aliphatic heterocycles. The van der Waals surface area contributed by atoms with E-state index in [1.165, 1.54) is 5.57 Å². The van der Waals surface area contributed by atoms with Crippen molar-refractivity contribution in [1.82, 2.24) is 0 Å². The number of rotatable bonds is 4. The van der Waals surface area contributed by atoms with E-state index >= 15 is 0 Å². The fraction of sp³-hybridized carbons (Fsp3) is 0.625. The molecule has 100 valence electrons. The average Bonchev–Trinajstić information content (AvgIpc) is 2.47. The third-order valence-electron chi connectivity index (χ3n) is 3.58. The molecule has 2 heteroatoms. The molecular formula is C16H25NO. The highest BCUT2D eigenvalue weighted by Gasteiger charge is 2.11. The second-order valence-corrected chi connectivity index (χ2v) is 5.04. The lowest BCUT2D eigenvalue weighted by Gasteiger charge is -2.10. The lowest BCUT2D eigenvalue weighted by molar-refractivity contribution is -0.111. The van der Waals surface area contributed by atoms with Gasteiger partial charge in [-0.15, -0.1) is 0 Å². The van der Waals surface area contributed by atoms with Gasteiger partial charge in [-0.1, -0.05) is 32.4 Å². The second-order valence-electron chi connectivity index (χ2n) is 5.04. The van der Waals surface area contributed by atoms with Crippen LogP contribution in [-0.2, 0) is 4.79 Å². The Bertz CT molecular complexity index is 388. The van der Waals surface area contributed by atoms with Crippen LogP contribution in [0.1, 0.15) is 59.8 Å². The van der Waals surface area contributed by atoms with Crippen molar-refractivity contribution in [3.8, 4) is 0 Å². The van der Waals surface area contributed by atoms with Crippen LogP contribution in [0.3, 0.4) is 0 Å². The SMILES string of the molecule is CC/C1=C/C(C(C)=O)=N\C(C(C)CC)=C/CCC1. The van der Waals surface area contributed by atoms with Crippen molar-refractivity contribution in [3.63, 3.8) is 0 Å². The van der Waals surface area contributed by atoms with E-state index in [1.807, 2.05) is 6.08 Å². The largest absolute Gasteiger partial charge is 0.293 e. The van der Waals surface area contributed by atoms with Gasteiger partial charge in [0.15, 0.2) is 5.78 Å². The van der Waals surface area contributed by atoms with Gasteiger partial charge in [0.25, 0.3) is 0 Å². The Morgan fingerprint density at radius 3 is 2.72 bits per heavy atom. The Kier molecular flexibility index (Phi) is 6.03. The highest BCUT2D eigenvalue weighted by atomic mass is 16.1. The number of Topliss-reactive ketones (excluding diaryl/α,β-unsaturated/α-hetero) is 1. The van der Waals surface area contributed by atoms with Crippen LogP contribution in [0.2, 0.25) is 0 Å². The first-order valence-electron chi connectivity index (χ1n) is 7.07. The molecule has 0 radical (unpaired) electrons. The molecule has 0 fully saturated rings. The number of nitrogens with zero attached hydrogens (tertiary/aromatic N) is 1. The molecule has 0 aliphatic carbocycles. The van der Waals surface area contributed by atoms with Gasteiger partial charge in [-0.2, -0.15) is 0 Å². The average molecular weight is 247 g/mol. The van der Waals surface area contributed by atoms with Crippen LogP contribution in [0, 0.1) is 5.92 Å². The van der Waals surface area contributed by atoms with Crippen molar-refractivity contribution in [2.45, 2.75) is 59.8 Å². The van der Waals surface area contributed by atoms with Crippen molar-refractivity contribution >= 4 is 11.5 Å². The molecule has 0 aromatic heterocycles. The van der Waals surface area contributed by atoms with Gasteiger partial charge in [0.05, 0.1) is 0 Å². The van der Waals surface area contributed by atoms with E-state index in [-0.39, 0.29) is 5.78 Å². The van der Waals surface area contributed by atoms with Gasteiger partial charge in [-0.05, 0) is 44.1 Å². The zero-order valence-electron chi connectivity index (χ0n) is 12.1. The molecule has 2 nitrogen and oxygen atoms in total. The summed E-state index contributed by atoms with van der Waals surface area (Å²) in [6.45, 7) is 8.09. The molecule has 1 rings (SSSR count). The predicted molar refractivity (Wildman–Crippen MR) is 77.9 cm³/mol. The molecule has 1 unspecified atom stereocenters. The highest BCUT2D eigenvalue weighted by molar-refractivity contribution is 6.43. The minimum Gasteiger partial charge on any atom is -0.293 e. The molecule has 18 heavy (non-hydrogen) atoms. The smallest absolute Gasteiger partial charge is 0.178 e. The molecule has 0 aromatic carbocycles. The van der Waals surface area contributed by atoms with E-state index in [0.717, 1.165) is 37.8 Å². The van der Waals surface area contributed by atoms with E-state index in [0.29, 0.717) is 11.6 Å². The van der Waals surface area contributed by atoms with Crippen LogP contribution < -0.4 is 0 Å². The first-order valence-corrected chi connectivity index (χ1v) is 7.07.